The maximum Gasteiger partial charge on any atom is 0.242 e. The van der Waals surface area contributed by atoms with Gasteiger partial charge in [-0.2, -0.15) is 4.31 Å². The summed E-state index contributed by atoms with van der Waals surface area (Å²) in [6, 6.07) is 13.6. The number of nitrogens with zero attached hydrogens (tertiary/aromatic N) is 1. The predicted octanol–water partition coefficient (Wildman–Crippen LogP) is 3.24. The molecule has 1 heterocycles. The van der Waals surface area contributed by atoms with Gasteiger partial charge >= 0.3 is 0 Å². The van der Waals surface area contributed by atoms with Crippen molar-refractivity contribution in [3.8, 4) is 17.2 Å². The standard InChI is InChI=1S/C20H24N2O5S/c1-3-26-16-10-12-18(13-11-16)27-17-8-6-15(7-9-17)21-20(23)19-5-4-14-22(19)28(2,24)25/h6-13,19H,3-5,14H2,1-2H3,(H,21,23). The number of hydrogen-bond donors (Lipinski definition) is 1. The first-order valence-electron chi connectivity index (χ1n) is 9.15. The topological polar surface area (TPSA) is 84.9 Å². The van der Waals surface area contributed by atoms with Gasteiger partial charge in [-0.05, 0) is 68.3 Å². The lowest BCUT2D eigenvalue weighted by atomic mass is 10.2. The Morgan fingerprint density at radius 3 is 2.21 bits per heavy atom. The summed E-state index contributed by atoms with van der Waals surface area (Å²) in [5, 5.41) is 2.78. The third-order valence-corrected chi connectivity index (χ3v) is 5.71. The summed E-state index contributed by atoms with van der Waals surface area (Å²) >= 11 is 0. The number of amides is 1. The van der Waals surface area contributed by atoms with Crippen LogP contribution in [0.4, 0.5) is 5.69 Å². The number of rotatable bonds is 7. The molecule has 28 heavy (non-hydrogen) atoms. The number of hydrogen-bond acceptors (Lipinski definition) is 5. The number of carbonyl (C=O) groups excluding carboxylic acids is 1. The average molecular weight is 404 g/mol. The Labute approximate surface area is 165 Å². The molecule has 1 unspecified atom stereocenters. The number of anilines is 1. The zero-order valence-electron chi connectivity index (χ0n) is 15.9. The van der Waals surface area contributed by atoms with E-state index in [0.29, 0.717) is 43.2 Å². The molecule has 2 aromatic carbocycles. The van der Waals surface area contributed by atoms with Crippen LogP contribution in [0.3, 0.4) is 0 Å². The molecular formula is C20H24N2O5S. The highest BCUT2D eigenvalue weighted by Gasteiger charge is 2.36. The van der Waals surface area contributed by atoms with Crippen molar-refractivity contribution < 1.29 is 22.7 Å². The van der Waals surface area contributed by atoms with Crippen LogP contribution in [0.5, 0.6) is 17.2 Å². The Bertz CT molecular complexity index is 911. The van der Waals surface area contributed by atoms with Crippen LogP contribution in [-0.4, -0.2) is 44.1 Å². The second-order valence-electron chi connectivity index (χ2n) is 6.55. The highest BCUT2D eigenvalue weighted by Crippen LogP contribution is 2.26. The minimum atomic E-state index is -3.39. The van der Waals surface area contributed by atoms with Crippen LogP contribution in [0.25, 0.3) is 0 Å². The maximum atomic E-state index is 12.5. The first-order valence-corrected chi connectivity index (χ1v) is 11.0. The first-order chi connectivity index (χ1) is 13.4. The van der Waals surface area contributed by atoms with E-state index in [2.05, 4.69) is 5.32 Å². The number of ether oxygens (including phenoxy) is 2. The summed E-state index contributed by atoms with van der Waals surface area (Å²) in [6.45, 7) is 2.91. The Hall–Kier alpha value is -2.58. The fourth-order valence-electron chi connectivity index (χ4n) is 3.14. The number of carbonyl (C=O) groups is 1. The first kappa shape index (κ1) is 20.2. The summed E-state index contributed by atoms with van der Waals surface area (Å²) in [6.07, 6.45) is 2.34. The van der Waals surface area contributed by atoms with E-state index in [4.69, 9.17) is 9.47 Å². The highest BCUT2D eigenvalue weighted by atomic mass is 32.2. The monoisotopic (exact) mass is 404 g/mol. The second-order valence-corrected chi connectivity index (χ2v) is 8.49. The van der Waals surface area contributed by atoms with E-state index in [9.17, 15) is 13.2 Å². The normalized spacial score (nSPS) is 17.3. The van der Waals surface area contributed by atoms with E-state index >= 15 is 0 Å². The van der Waals surface area contributed by atoms with Crippen molar-refractivity contribution in [3.05, 3.63) is 48.5 Å². The zero-order valence-corrected chi connectivity index (χ0v) is 16.7. The summed E-state index contributed by atoms with van der Waals surface area (Å²) in [4.78, 5) is 12.5. The van der Waals surface area contributed by atoms with E-state index in [1.54, 1.807) is 24.3 Å². The van der Waals surface area contributed by atoms with Crippen LogP contribution in [0, 0.1) is 0 Å². The Balaban J connectivity index is 1.60. The number of sulfonamides is 1. The van der Waals surface area contributed by atoms with Gasteiger partial charge in [0.15, 0.2) is 0 Å². The van der Waals surface area contributed by atoms with Crippen molar-refractivity contribution in [2.75, 3.05) is 24.7 Å². The fraction of sp³-hybridized carbons (Fsp3) is 0.350. The lowest BCUT2D eigenvalue weighted by Crippen LogP contribution is -2.42. The molecule has 0 aliphatic carbocycles. The van der Waals surface area contributed by atoms with Gasteiger partial charge in [0.05, 0.1) is 12.9 Å². The maximum absolute atomic E-state index is 12.5. The smallest absolute Gasteiger partial charge is 0.242 e. The molecule has 150 valence electrons. The molecule has 0 saturated carbocycles. The van der Waals surface area contributed by atoms with Gasteiger partial charge in [-0.15, -0.1) is 0 Å². The van der Waals surface area contributed by atoms with Crippen LogP contribution in [0.1, 0.15) is 19.8 Å². The lowest BCUT2D eigenvalue weighted by molar-refractivity contribution is -0.119. The van der Waals surface area contributed by atoms with E-state index in [-0.39, 0.29) is 5.91 Å². The molecule has 1 aliphatic rings. The molecule has 0 aromatic heterocycles. The minimum Gasteiger partial charge on any atom is -0.494 e. The summed E-state index contributed by atoms with van der Waals surface area (Å²) in [7, 11) is -3.39. The minimum absolute atomic E-state index is 0.317. The molecule has 1 aliphatic heterocycles. The van der Waals surface area contributed by atoms with Gasteiger partial charge in [0.2, 0.25) is 15.9 Å². The molecule has 7 nitrogen and oxygen atoms in total. The summed E-state index contributed by atoms with van der Waals surface area (Å²) < 4.78 is 36.0. The molecule has 2 aromatic rings. The second kappa shape index (κ2) is 8.62. The van der Waals surface area contributed by atoms with Crippen molar-refractivity contribution in [2.45, 2.75) is 25.8 Å². The van der Waals surface area contributed by atoms with E-state index in [1.165, 1.54) is 4.31 Å². The highest BCUT2D eigenvalue weighted by molar-refractivity contribution is 7.88. The van der Waals surface area contributed by atoms with Gasteiger partial charge in [-0.25, -0.2) is 8.42 Å². The van der Waals surface area contributed by atoms with E-state index in [1.807, 2.05) is 31.2 Å². The van der Waals surface area contributed by atoms with E-state index < -0.39 is 16.1 Å². The third kappa shape index (κ3) is 5.02. The molecule has 1 amide bonds. The molecule has 1 saturated heterocycles. The molecule has 1 atom stereocenters. The molecule has 1 N–H and O–H groups in total. The van der Waals surface area contributed by atoms with Crippen LogP contribution in [0.15, 0.2) is 48.5 Å². The SMILES string of the molecule is CCOc1ccc(Oc2ccc(NC(=O)C3CCCN3S(C)(=O)=O)cc2)cc1. The number of nitrogens with one attached hydrogen (secondary N) is 1. The Kier molecular flexibility index (Phi) is 6.21. The largest absolute Gasteiger partial charge is 0.494 e. The molecular weight excluding hydrogens is 380 g/mol. The molecule has 0 bridgehead atoms. The van der Waals surface area contributed by atoms with Gasteiger partial charge in [0.25, 0.3) is 0 Å². The van der Waals surface area contributed by atoms with Gasteiger partial charge in [0, 0.05) is 12.2 Å². The summed E-state index contributed by atoms with van der Waals surface area (Å²) in [5.74, 6) is 1.77. The average Bonchev–Trinajstić information content (AvgIpc) is 3.16. The molecule has 8 heteroatoms. The molecule has 3 rings (SSSR count). The van der Waals surface area contributed by atoms with Crippen molar-refractivity contribution >= 4 is 21.6 Å². The van der Waals surface area contributed by atoms with Crippen LogP contribution in [0.2, 0.25) is 0 Å². The fourth-order valence-corrected chi connectivity index (χ4v) is 4.26. The number of benzene rings is 2. The van der Waals surface area contributed by atoms with Crippen LogP contribution in [-0.2, 0) is 14.8 Å². The Morgan fingerprint density at radius 2 is 1.64 bits per heavy atom. The van der Waals surface area contributed by atoms with Crippen molar-refractivity contribution in [1.82, 2.24) is 4.31 Å². The Morgan fingerprint density at radius 1 is 1.07 bits per heavy atom. The van der Waals surface area contributed by atoms with Crippen molar-refractivity contribution in [2.24, 2.45) is 0 Å². The molecule has 1 fully saturated rings. The van der Waals surface area contributed by atoms with Gasteiger partial charge < -0.3 is 14.8 Å². The zero-order chi connectivity index (χ0) is 20.1. The van der Waals surface area contributed by atoms with Crippen molar-refractivity contribution in [1.29, 1.82) is 0 Å². The van der Waals surface area contributed by atoms with E-state index in [0.717, 1.165) is 12.0 Å². The van der Waals surface area contributed by atoms with Crippen LogP contribution >= 0.6 is 0 Å². The third-order valence-electron chi connectivity index (χ3n) is 4.42. The lowest BCUT2D eigenvalue weighted by Gasteiger charge is -2.21. The predicted molar refractivity (Wildman–Crippen MR) is 107 cm³/mol. The van der Waals surface area contributed by atoms with Gasteiger partial charge in [-0.1, -0.05) is 0 Å². The summed E-state index contributed by atoms with van der Waals surface area (Å²) in [5.41, 5.74) is 0.587. The van der Waals surface area contributed by atoms with Crippen molar-refractivity contribution in [3.63, 3.8) is 0 Å². The quantitative estimate of drug-likeness (QED) is 0.766. The van der Waals surface area contributed by atoms with Gasteiger partial charge in [-0.3, -0.25) is 4.79 Å². The van der Waals surface area contributed by atoms with Gasteiger partial charge in [0.1, 0.15) is 23.3 Å². The molecule has 0 spiro atoms. The van der Waals surface area contributed by atoms with Crippen LogP contribution < -0.4 is 14.8 Å². The molecule has 0 radical (unpaired) electrons.